The zero-order valence-electron chi connectivity index (χ0n) is 11.6. The molecule has 104 valence electrons. The molecule has 2 aromatic carbocycles. The van der Waals surface area contributed by atoms with Crippen LogP contribution in [0.4, 0.5) is 0 Å². The molecule has 0 atom stereocenters. The predicted octanol–water partition coefficient (Wildman–Crippen LogP) is 4.56. The zero-order valence-corrected chi connectivity index (χ0v) is 11.6. The molecule has 2 heteroatoms. The highest BCUT2D eigenvalue weighted by Gasteiger charge is 2.06. The number of carboxylic acid groups (broad SMARTS) is 1. The number of carboxylic acids is 1. The van der Waals surface area contributed by atoms with Crippen molar-refractivity contribution < 1.29 is 9.90 Å². The van der Waals surface area contributed by atoms with Gasteiger partial charge >= 0.3 is 5.97 Å². The summed E-state index contributed by atoms with van der Waals surface area (Å²) in [6.45, 7) is 3.65. The first kappa shape index (κ1) is 14.5. The Morgan fingerprint density at radius 2 is 1.43 bits per heavy atom. The van der Waals surface area contributed by atoms with E-state index >= 15 is 0 Å². The molecule has 2 nitrogen and oxygen atoms in total. The van der Waals surface area contributed by atoms with E-state index in [4.69, 9.17) is 5.11 Å². The quantitative estimate of drug-likeness (QED) is 0.813. The summed E-state index contributed by atoms with van der Waals surface area (Å²) < 4.78 is 0. The normalized spacial score (nSPS) is 11.5. The highest BCUT2D eigenvalue weighted by Crippen LogP contribution is 2.23. The topological polar surface area (TPSA) is 37.3 Å². The fourth-order valence-electron chi connectivity index (χ4n) is 2.00. The Bertz CT molecular complexity index is 677. The van der Waals surface area contributed by atoms with Crippen LogP contribution < -0.4 is 0 Å². The lowest BCUT2D eigenvalue weighted by molar-refractivity contribution is 0.0697. The van der Waals surface area contributed by atoms with Crippen LogP contribution in [0, 0.1) is 0 Å². The van der Waals surface area contributed by atoms with Crippen LogP contribution >= 0.6 is 0 Å². The van der Waals surface area contributed by atoms with Crippen LogP contribution in [0.1, 0.15) is 21.5 Å². The summed E-state index contributed by atoms with van der Waals surface area (Å²) in [5.41, 5.74) is 3.37. The molecule has 1 N–H and O–H groups in total. The molecule has 0 saturated heterocycles. The van der Waals surface area contributed by atoms with Gasteiger partial charge in [-0.2, -0.15) is 0 Å². The smallest absolute Gasteiger partial charge is 0.335 e. The number of allylic oxidation sites excluding steroid dienone is 4. The Labute approximate surface area is 124 Å². The van der Waals surface area contributed by atoms with Crippen molar-refractivity contribution in [3.63, 3.8) is 0 Å². The van der Waals surface area contributed by atoms with Gasteiger partial charge in [-0.3, -0.25) is 0 Å². The molecule has 0 fully saturated rings. The van der Waals surface area contributed by atoms with Crippen LogP contribution in [0.25, 0.3) is 5.57 Å². The maximum Gasteiger partial charge on any atom is 0.335 e. The van der Waals surface area contributed by atoms with Gasteiger partial charge in [0.2, 0.25) is 0 Å². The second kappa shape index (κ2) is 7.06. The zero-order chi connectivity index (χ0) is 15.1. The van der Waals surface area contributed by atoms with Crippen LogP contribution in [0.5, 0.6) is 0 Å². The molecule has 2 aromatic rings. The summed E-state index contributed by atoms with van der Waals surface area (Å²) in [6, 6.07) is 16.9. The first-order chi connectivity index (χ1) is 10.2. The van der Waals surface area contributed by atoms with Crippen LogP contribution in [0.3, 0.4) is 0 Å². The molecular weight excluding hydrogens is 260 g/mol. The summed E-state index contributed by atoms with van der Waals surface area (Å²) in [6.07, 6.45) is 7.48. The molecule has 0 aliphatic heterocycles. The van der Waals surface area contributed by atoms with E-state index in [1.807, 2.05) is 60.7 Å². The lowest BCUT2D eigenvalue weighted by Gasteiger charge is -2.08. The van der Waals surface area contributed by atoms with Crippen molar-refractivity contribution >= 4 is 11.5 Å². The van der Waals surface area contributed by atoms with E-state index in [0.29, 0.717) is 0 Å². The summed E-state index contributed by atoms with van der Waals surface area (Å²) in [5, 5.41) is 8.97. The number of benzene rings is 2. The van der Waals surface area contributed by atoms with E-state index in [9.17, 15) is 4.79 Å². The molecule has 0 aliphatic carbocycles. The van der Waals surface area contributed by atoms with E-state index in [0.717, 1.165) is 16.7 Å². The van der Waals surface area contributed by atoms with Crippen molar-refractivity contribution in [1.82, 2.24) is 0 Å². The third kappa shape index (κ3) is 3.80. The summed E-state index contributed by atoms with van der Waals surface area (Å²) in [4.78, 5) is 10.9. The monoisotopic (exact) mass is 276 g/mol. The van der Waals surface area contributed by atoms with E-state index < -0.39 is 5.97 Å². The molecule has 0 aliphatic rings. The SMILES string of the molecule is C=CC=CC=C(c1ccccc1)c1ccc(C(=O)O)cc1. The van der Waals surface area contributed by atoms with Crippen LogP contribution in [-0.4, -0.2) is 11.1 Å². The van der Waals surface area contributed by atoms with Crippen LogP contribution in [0.2, 0.25) is 0 Å². The minimum atomic E-state index is -0.918. The Hall–Kier alpha value is -2.87. The van der Waals surface area contributed by atoms with Gasteiger partial charge in [0.25, 0.3) is 0 Å². The van der Waals surface area contributed by atoms with E-state index in [-0.39, 0.29) is 5.56 Å². The van der Waals surface area contributed by atoms with Crippen LogP contribution in [0.15, 0.2) is 85.5 Å². The second-order valence-electron chi connectivity index (χ2n) is 4.45. The Kier molecular flexibility index (Phi) is 4.89. The fourth-order valence-corrected chi connectivity index (χ4v) is 2.00. The second-order valence-corrected chi connectivity index (χ2v) is 4.45. The Morgan fingerprint density at radius 1 is 0.857 bits per heavy atom. The summed E-state index contributed by atoms with van der Waals surface area (Å²) >= 11 is 0. The van der Waals surface area contributed by atoms with Gasteiger partial charge in [0.1, 0.15) is 0 Å². The van der Waals surface area contributed by atoms with Gasteiger partial charge in [0, 0.05) is 0 Å². The number of aromatic carboxylic acids is 1. The Morgan fingerprint density at radius 3 is 2.00 bits per heavy atom. The predicted molar refractivity (Wildman–Crippen MR) is 86.3 cm³/mol. The van der Waals surface area contributed by atoms with Gasteiger partial charge in [0.05, 0.1) is 5.56 Å². The molecule has 0 bridgehead atoms. The molecule has 0 saturated carbocycles. The third-order valence-electron chi connectivity index (χ3n) is 3.04. The molecule has 21 heavy (non-hydrogen) atoms. The highest BCUT2D eigenvalue weighted by molar-refractivity contribution is 5.89. The van der Waals surface area contributed by atoms with Gasteiger partial charge in [-0.1, -0.05) is 73.3 Å². The Balaban J connectivity index is 2.44. The molecule has 0 heterocycles. The maximum absolute atomic E-state index is 10.9. The standard InChI is InChI=1S/C19H16O2/c1-2-3-5-10-18(15-8-6-4-7-9-15)16-11-13-17(14-12-16)19(20)21/h2-14H,1H2,(H,20,21). The minimum Gasteiger partial charge on any atom is -0.478 e. The fraction of sp³-hybridized carbons (Fsp3) is 0. The van der Waals surface area contributed by atoms with Gasteiger partial charge in [-0.15, -0.1) is 0 Å². The average Bonchev–Trinajstić information content (AvgIpc) is 2.53. The maximum atomic E-state index is 10.9. The molecule has 0 aromatic heterocycles. The van der Waals surface area contributed by atoms with E-state index in [2.05, 4.69) is 6.58 Å². The van der Waals surface area contributed by atoms with E-state index in [1.165, 1.54) is 0 Å². The molecular formula is C19H16O2. The number of carbonyl (C=O) groups is 1. The highest BCUT2D eigenvalue weighted by atomic mass is 16.4. The van der Waals surface area contributed by atoms with Gasteiger partial charge in [0.15, 0.2) is 0 Å². The number of hydrogen-bond acceptors (Lipinski definition) is 1. The van der Waals surface area contributed by atoms with Gasteiger partial charge < -0.3 is 5.11 Å². The largest absolute Gasteiger partial charge is 0.478 e. The van der Waals surface area contributed by atoms with Crippen molar-refractivity contribution in [3.05, 3.63) is 102 Å². The van der Waals surface area contributed by atoms with Crippen molar-refractivity contribution in [2.75, 3.05) is 0 Å². The summed E-state index contributed by atoms with van der Waals surface area (Å²) in [7, 11) is 0. The first-order valence-corrected chi connectivity index (χ1v) is 6.61. The van der Waals surface area contributed by atoms with Crippen LogP contribution in [-0.2, 0) is 0 Å². The van der Waals surface area contributed by atoms with Gasteiger partial charge in [-0.05, 0) is 28.8 Å². The number of hydrogen-bond donors (Lipinski definition) is 1. The van der Waals surface area contributed by atoms with Crippen molar-refractivity contribution in [2.45, 2.75) is 0 Å². The molecule has 0 unspecified atom stereocenters. The third-order valence-corrected chi connectivity index (χ3v) is 3.04. The van der Waals surface area contributed by atoms with E-state index in [1.54, 1.807) is 18.2 Å². The lowest BCUT2D eigenvalue weighted by Crippen LogP contribution is -1.96. The molecule has 0 radical (unpaired) electrons. The molecule has 0 spiro atoms. The first-order valence-electron chi connectivity index (χ1n) is 6.61. The molecule has 2 rings (SSSR count). The van der Waals surface area contributed by atoms with Crippen molar-refractivity contribution in [1.29, 1.82) is 0 Å². The molecule has 0 amide bonds. The lowest BCUT2D eigenvalue weighted by atomic mass is 9.96. The average molecular weight is 276 g/mol. The van der Waals surface area contributed by atoms with Crippen molar-refractivity contribution in [3.8, 4) is 0 Å². The summed E-state index contributed by atoms with van der Waals surface area (Å²) in [5.74, 6) is -0.918. The number of rotatable bonds is 5. The minimum absolute atomic E-state index is 0.285. The van der Waals surface area contributed by atoms with Gasteiger partial charge in [-0.25, -0.2) is 4.79 Å². The van der Waals surface area contributed by atoms with Crippen molar-refractivity contribution in [2.24, 2.45) is 0 Å².